The fourth-order valence-corrected chi connectivity index (χ4v) is 3.99. The predicted octanol–water partition coefficient (Wildman–Crippen LogP) is 3.29. The number of hydrogen-bond donors (Lipinski definition) is 1. The highest BCUT2D eigenvalue weighted by atomic mass is 19.4. The van der Waals surface area contributed by atoms with Crippen molar-refractivity contribution >= 4 is 17.6 Å². The van der Waals surface area contributed by atoms with Gasteiger partial charge in [0.2, 0.25) is 0 Å². The summed E-state index contributed by atoms with van der Waals surface area (Å²) in [5.41, 5.74) is -3.47. The molecule has 0 bridgehead atoms. The maximum atomic E-state index is 14.1. The Morgan fingerprint density at radius 3 is 2.37 bits per heavy atom. The van der Waals surface area contributed by atoms with Gasteiger partial charge in [-0.3, -0.25) is 14.5 Å². The van der Waals surface area contributed by atoms with E-state index in [0.29, 0.717) is 18.6 Å². The first kappa shape index (κ1) is 21.9. The van der Waals surface area contributed by atoms with Crippen LogP contribution in [-0.2, 0) is 4.79 Å². The lowest BCUT2D eigenvalue weighted by atomic mass is 9.93. The number of aliphatic imine (C=N–C) groups is 1. The van der Waals surface area contributed by atoms with E-state index >= 15 is 0 Å². The molecule has 1 atom stereocenters. The summed E-state index contributed by atoms with van der Waals surface area (Å²) in [7, 11) is 2.73. The van der Waals surface area contributed by atoms with Gasteiger partial charge in [-0.1, -0.05) is 19.3 Å². The molecular formula is C20H24F3N3O4. The molecule has 1 N–H and O–H groups in total. The second-order valence-corrected chi connectivity index (χ2v) is 7.36. The van der Waals surface area contributed by atoms with Gasteiger partial charge in [-0.2, -0.15) is 13.2 Å². The number of hydrogen-bond acceptors (Lipinski definition) is 5. The van der Waals surface area contributed by atoms with E-state index in [1.807, 2.05) is 5.32 Å². The number of alkyl halides is 3. The molecule has 30 heavy (non-hydrogen) atoms. The molecule has 0 aromatic heterocycles. The van der Waals surface area contributed by atoms with Crippen LogP contribution in [0.2, 0.25) is 0 Å². The molecule has 1 saturated carbocycles. The number of carbonyl (C=O) groups excluding carboxylic acids is 2. The van der Waals surface area contributed by atoms with Crippen molar-refractivity contribution in [3.05, 3.63) is 23.8 Å². The third-order valence-electron chi connectivity index (χ3n) is 5.50. The lowest BCUT2D eigenvalue weighted by Crippen LogP contribution is -2.64. The minimum Gasteiger partial charge on any atom is -0.493 e. The molecule has 10 heteroatoms. The minimum absolute atomic E-state index is 0.0446. The molecule has 1 fully saturated rings. The van der Waals surface area contributed by atoms with E-state index in [0.717, 1.165) is 24.2 Å². The third-order valence-corrected chi connectivity index (χ3v) is 5.50. The minimum atomic E-state index is -5.11. The zero-order valence-corrected chi connectivity index (χ0v) is 17.0. The largest absolute Gasteiger partial charge is 0.493 e. The Bertz CT molecular complexity index is 865. The van der Waals surface area contributed by atoms with E-state index in [9.17, 15) is 22.8 Å². The average Bonchev–Trinajstić information content (AvgIpc) is 2.98. The van der Waals surface area contributed by atoms with Crippen molar-refractivity contribution in [1.29, 1.82) is 0 Å². The van der Waals surface area contributed by atoms with E-state index in [1.165, 1.54) is 39.3 Å². The Kier molecular flexibility index (Phi) is 5.96. The second kappa shape index (κ2) is 8.16. The molecule has 2 aliphatic rings. The van der Waals surface area contributed by atoms with Crippen LogP contribution in [0.25, 0.3) is 0 Å². The molecule has 1 unspecified atom stereocenters. The number of rotatable bonds is 5. The summed E-state index contributed by atoms with van der Waals surface area (Å²) >= 11 is 0. The summed E-state index contributed by atoms with van der Waals surface area (Å²) in [6.45, 7) is 1.36. The average molecular weight is 427 g/mol. The van der Waals surface area contributed by atoms with Crippen molar-refractivity contribution in [1.82, 2.24) is 10.2 Å². The summed E-state index contributed by atoms with van der Waals surface area (Å²) in [4.78, 5) is 30.5. The van der Waals surface area contributed by atoms with Gasteiger partial charge < -0.3 is 14.8 Å². The first-order chi connectivity index (χ1) is 14.1. The molecular weight excluding hydrogens is 403 g/mol. The van der Waals surface area contributed by atoms with E-state index in [1.54, 1.807) is 0 Å². The van der Waals surface area contributed by atoms with Crippen molar-refractivity contribution in [3.63, 3.8) is 0 Å². The van der Waals surface area contributed by atoms with Crippen molar-refractivity contribution in [3.8, 4) is 11.5 Å². The van der Waals surface area contributed by atoms with Gasteiger partial charge in [0, 0.05) is 11.6 Å². The zero-order valence-electron chi connectivity index (χ0n) is 17.0. The van der Waals surface area contributed by atoms with Gasteiger partial charge in [0.1, 0.15) is 5.84 Å². The molecule has 1 aliphatic heterocycles. The van der Waals surface area contributed by atoms with Crippen LogP contribution in [0.4, 0.5) is 13.2 Å². The summed E-state index contributed by atoms with van der Waals surface area (Å²) in [6, 6.07) is 3.58. The fraction of sp³-hybridized carbons (Fsp3) is 0.550. The smallest absolute Gasteiger partial charge is 0.442 e. The standard InChI is InChI=1S/C20H24F3N3O4/c1-12-24-19(20(21,22)23,18(28)26(12)14-7-5-4-6-8-14)25-17(27)13-9-10-15(29-2)16(11-13)30-3/h9-11,14H,4-8H2,1-3H3,(H,25,27). The van der Waals surface area contributed by atoms with Crippen LogP contribution in [0.5, 0.6) is 11.5 Å². The van der Waals surface area contributed by atoms with Gasteiger partial charge in [0.15, 0.2) is 11.5 Å². The number of halogens is 3. The van der Waals surface area contributed by atoms with Gasteiger partial charge >= 0.3 is 11.8 Å². The maximum Gasteiger partial charge on any atom is 0.442 e. The lowest BCUT2D eigenvalue weighted by molar-refractivity contribution is -0.197. The molecule has 164 valence electrons. The fourth-order valence-electron chi connectivity index (χ4n) is 3.99. The summed E-state index contributed by atoms with van der Waals surface area (Å²) in [5, 5.41) is 1.85. The topological polar surface area (TPSA) is 80.2 Å². The van der Waals surface area contributed by atoms with Crippen LogP contribution in [0.3, 0.4) is 0 Å². The SMILES string of the molecule is COc1ccc(C(=O)NC2(C(F)(F)F)N=C(C)N(C3CCCCC3)C2=O)cc1OC. The molecule has 0 radical (unpaired) electrons. The molecule has 0 spiro atoms. The van der Waals surface area contributed by atoms with Gasteiger partial charge in [0.25, 0.3) is 11.8 Å². The molecule has 1 aromatic rings. The summed E-state index contributed by atoms with van der Waals surface area (Å²) in [6.07, 6.45) is -1.25. The van der Waals surface area contributed by atoms with Crippen LogP contribution in [-0.4, -0.2) is 54.7 Å². The number of carbonyl (C=O) groups is 2. The molecule has 3 rings (SSSR count). The molecule has 7 nitrogen and oxygen atoms in total. The summed E-state index contributed by atoms with van der Waals surface area (Å²) in [5.74, 6) is -1.92. The van der Waals surface area contributed by atoms with E-state index in [-0.39, 0.29) is 23.2 Å². The molecule has 2 amide bonds. The highest BCUT2D eigenvalue weighted by Gasteiger charge is 2.67. The number of amides is 2. The van der Waals surface area contributed by atoms with Crippen molar-refractivity contribution in [2.75, 3.05) is 14.2 Å². The molecule has 1 aliphatic carbocycles. The van der Waals surface area contributed by atoms with Crippen LogP contribution < -0.4 is 14.8 Å². The number of ether oxygens (including phenoxy) is 2. The molecule has 0 saturated heterocycles. The molecule has 1 aromatic carbocycles. The van der Waals surface area contributed by atoms with Crippen LogP contribution >= 0.6 is 0 Å². The Morgan fingerprint density at radius 1 is 1.17 bits per heavy atom. The lowest BCUT2D eigenvalue weighted by Gasteiger charge is -2.34. The van der Waals surface area contributed by atoms with Gasteiger partial charge in [0.05, 0.1) is 14.2 Å². The van der Waals surface area contributed by atoms with E-state index in [2.05, 4.69) is 4.99 Å². The van der Waals surface area contributed by atoms with Crippen LogP contribution in [0.15, 0.2) is 23.2 Å². The van der Waals surface area contributed by atoms with Gasteiger partial charge in [-0.15, -0.1) is 0 Å². The highest BCUT2D eigenvalue weighted by molar-refractivity contribution is 6.10. The first-order valence-corrected chi connectivity index (χ1v) is 9.66. The monoisotopic (exact) mass is 427 g/mol. The Hall–Kier alpha value is -2.78. The van der Waals surface area contributed by atoms with Gasteiger partial charge in [-0.05, 0) is 38.0 Å². The van der Waals surface area contributed by atoms with E-state index in [4.69, 9.17) is 9.47 Å². The normalized spacial score (nSPS) is 22.7. The Balaban J connectivity index is 1.94. The number of methoxy groups -OCH3 is 2. The quantitative estimate of drug-likeness (QED) is 0.782. The predicted molar refractivity (Wildman–Crippen MR) is 103 cm³/mol. The zero-order chi connectivity index (χ0) is 22.1. The van der Waals surface area contributed by atoms with Gasteiger partial charge in [-0.25, -0.2) is 4.99 Å². The Labute approximate surface area is 172 Å². The first-order valence-electron chi connectivity index (χ1n) is 9.66. The maximum absolute atomic E-state index is 14.1. The van der Waals surface area contributed by atoms with Crippen molar-refractivity contribution in [2.24, 2.45) is 4.99 Å². The van der Waals surface area contributed by atoms with Crippen molar-refractivity contribution < 1.29 is 32.2 Å². The van der Waals surface area contributed by atoms with E-state index < -0.39 is 23.7 Å². The number of amidine groups is 1. The summed E-state index contributed by atoms with van der Waals surface area (Å²) < 4.78 is 52.5. The van der Waals surface area contributed by atoms with Crippen LogP contribution in [0, 0.1) is 0 Å². The number of nitrogens with one attached hydrogen (secondary N) is 1. The van der Waals surface area contributed by atoms with Crippen LogP contribution in [0.1, 0.15) is 49.4 Å². The second-order valence-electron chi connectivity index (χ2n) is 7.36. The highest BCUT2D eigenvalue weighted by Crippen LogP contribution is 2.40. The third kappa shape index (κ3) is 3.70. The number of nitrogens with zero attached hydrogens (tertiary/aromatic N) is 2. The Morgan fingerprint density at radius 2 is 1.80 bits per heavy atom. The number of benzene rings is 1. The molecule has 1 heterocycles. The van der Waals surface area contributed by atoms with Crippen molar-refractivity contribution in [2.45, 2.75) is 56.9 Å².